The number of anilines is 1. The van der Waals surface area contributed by atoms with Crippen LogP contribution in [-0.4, -0.2) is 28.4 Å². The lowest BCUT2D eigenvalue weighted by Crippen LogP contribution is -2.39. The summed E-state index contributed by atoms with van der Waals surface area (Å²) in [5, 5.41) is 1.28. The summed E-state index contributed by atoms with van der Waals surface area (Å²) in [6, 6.07) is 15.6. The monoisotopic (exact) mass is 503 g/mol. The van der Waals surface area contributed by atoms with E-state index in [1.165, 1.54) is 44.6 Å². The number of halogens is 1. The van der Waals surface area contributed by atoms with Crippen LogP contribution in [0.25, 0.3) is 10.1 Å². The molecule has 6 nitrogen and oxygen atoms in total. The largest absolute Gasteiger partial charge is 0.353 e. The van der Waals surface area contributed by atoms with E-state index in [0.717, 1.165) is 14.4 Å². The van der Waals surface area contributed by atoms with E-state index in [4.69, 9.17) is 9.05 Å². The minimum Gasteiger partial charge on any atom is -0.310 e. The predicted octanol–water partition coefficient (Wildman–Crippen LogP) is 5.69. The van der Waals surface area contributed by atoms with Crippen molar-refractivity contribution >= 4 is 60.0 Å². The van der Waals surface area contributed by atoms with Crippen molar-refractivity contribution in [1.29, 1.82) is 0 Å². The van der Waals surface area contributed by atoms with E-state index >= 15 is 0 Å². The highest BCUT2D eigenvalue weighted by Crippen LogP contribution is 2.56. The fraction of sp³-hybridized carbons (Fsp3) is 0.222. The van der Waals surface area contributed by atoms with Gasteiger partial charge in [-0.2, -0.15) is 0 Å². The predicted molar refractivity (Wildman–Crippen MR) is 117 cm³/mol. The van der Waals surface area contributed by atoms with Gasteiger partial charge in [0.2, 0.25) is 0 Å². The van der Waals surface area contributed by atoms with Gasteiger partial charge in [0.1, 0.15) is 10.8 Å². The van der Waals surface area contributed by atoms with E-state index < -0.39 is 23.4 Å². The Hall–Kier alpha value is -1.22. The molecule has 0 fully saturated rings. The van der Waals surface area contributed by atoms with Crippen molar-refractivity contribution in [3.8, 4) is 0 Å². The van der Waals surface area contributed by atoms with Gasteiger partial charge in [0.15, 0.2) is 0 Å². The zero-order valence-corrected chi connectivity index (χ0v) is 19.5. The summed E-state index contributed by atoms with van der Waals surface area (Å²) >= 11 is 4.82. The molecule has 3 rings (SSSR count). The Morgan fingerprint density at radius 3 is 2.18 bits per heavy atom. The number of fused-ring (bicyclic) bond motifs is 1. The first-order valence-electron chi connectivity index (χ1n) is 8.24. The Morgan fingerprint density at radius 2 is 1.61 bits per heavy atom. The van der Waals surface area contributed by atoms with E-state index in [1.54, 1.807) is 18.2 Å². The molecule has 2 aromatic carbocycles. The van der Waals surface area contributed by atoms with Gasteiger partial charge in [-0.3, -0.25) is 4.57 Å². The van der Waals surface area contributed by atoms with Gasteiger partial charge in [-0.25, -0.2) is 12.7 Å². The molecule has 0 radical (unpaired) electrons. The molecule has 0 aliphatic heterocycles. The molecular weight excluding hydrogens is 485 g/mol. The van der Waals surface area contributed by atoms with Crippen LogP contribution in [0.15, 0.2) is 64.0 Å². The highest BCUT2D eigenvalue weighted by atomic mass is 79.9. The van der Waals surface area contributed by atoms with E-state index in [1.807, 2.05) is 24.3 Å². The second kappa shape index (κ2) is 8.26. The molecule has 0 amide bonds. The zero-order valence-electron chi connectivity index (χ0n) is 15.4. The molecule has 0 N–H and O–H groups in total. The number of thiophene rings is 1. The van der Waals surface area contributed by atoms with Crippen molar-refractivity contribution in [2.75, 3.05) is 18.5 Å². The number of hydrogen-bond donors (Lipinski definition) is 0. The molecule has 1 heterocycles. The maximum Gasteiger partial charge on any atom is 0.353 e. The van der Waals surface area contributed by atoms with Crippen LogP contribution in [0.4, 0.5) is 5.00 Å². The van der Waals surface area contributed by atoms with Gasteiger partial charge in [0.25, 0.3) is 10.0 Å². The van der Waals surface area contributed by atoms with Crippen LogP contribution in [0.2, 0.25) is 0 Å². The van der Waals surface area contributed by atoms with Crippen LogP contribution < -0.4 is 4.31 Å². The van der Waals surface area contributed by atoms with E-state index in [2.05, 4.69) is 15.9 Å². The first kappa shape index (κ1) is 21.5. The van der Waals surface area contributed by atoms with Crippen molar-refractivity contribution in [3.63, 3.8) is 0 Å². The Kier molecular flexibility index (Phi) is 6.34. The summed E-state index contributed by atoms with van der Waals surface area (Å²) in [7, 11) is -5.30. The average Bonchev–Trinajstić information content (AvgIpc) is 3.04. The molecule has 1 atom stereocenters. The molecule has 10 heteroatoms. The minimum atomic E-state index is -4.05. The lowest BCUT2D eigenvalue weighted by Gasteiger charge is -2.32. The second-order valence-corrected chi connectivity index (χ2v) is 12.1. The van der Waals surface area contributed by atoms with E-state index in [0.29, 0.717) is 9.47 Å². The summed E-state index contributed by atoms with van der Waals surface area (Å²) in [5.74, 6) is -1.09. The number of nitrogens with zero attached hydrogens (tertiary/aromatic N) is 1. The van der Waals surface area contributed by atoms with Gasteiger partial charge < -0.3 is 9.05 Å². The molecule has 0 saturated carbocycles. The van der Waals surface area contributed by atoms with Gasteiger partial charge in [0, 0.05) is 24.3 Å². The second-order valence-electron chi connectivity index (χ2n) is 5.87. The Labute approximate surface area is 176 Å². The maximum absolute atomic E-state index is 13.6. The fourth-order valence-corrected chi connectivity index (χ4v) is 8.72. The van der Waals surface area contributed by atoms with Crippen molar-refractivity contribution in [2.24, 2.45) is 0 Å². The average molecular weight is 504 g/mol. The number of rotatable bonds is 7. The molecule has 0 aliphatic rings. The van der Waals surface area contributed by atoms with Gasteiger partial charge in [-0.1, -0.05) is 36.4 Å². The van der Waals surface area contributed by atoms with E-state index in [9.17, 15) is 13.0 Å². The van der Waals surface area contributed by atoms with Crippen LogP contribution in [0.3, 0.4) is 0 Å². The third-order valence-electron chi connectivity index (χ3n) is 4.32. The van der Waals surface area contributed by atoms with Crippen LogP contribution in [0.1, 0.15) is 6.92 Å². The zero-order chi connectivity index (χ0) is 20.5. The number of benzene rings is 2. The number of hydrogen-bond acceptors (Lipinski definition) is 6. The van der Waals surface area contributed by atoms with E-state index in [-0.39, 0.29) is 4.90 Å². The van der Waals surface area contributed by atoms with Crippen LogP contribution in [0.5, 0.6) is 0 Å². The Balaban J connectivity index is 2.28. The summed E-state index contributed by atoms with van der Waals surface area (Å²) < 4.78 is 53.1. The van der Waals surface area contributed by atoms with Crippen molar-refractivity contribution < 1.29 is 22.0 Å². The lowest BCUT2D eigenvalue weighted by atomic mass is 10.3. The standard InChI is InChI=1S/C18H19BrNO5PS2/c1-13(26(21,24-2)25-3)20(28(22,23)14-9-5-4-6-10-14)18-17(19)15-11-7-8-12-16(15)27-18/h4-13H,1-3H3. The smallest absolute Gasteiger partial charge is 0.310 e. The molecule has 0 saturated heterocycles. The first-order valence-corrected chi connectivity index (χ1v) is 12.9. The molecule has 0 aliphatic carbocycles. The fourth-order valence-electron chi connectivity index (χ4n) is 2.84. The SMILES string of the molecule is COP(=O)(OC)C(C)N(c1sc2ccccc2c1Br)S(=O)(=O)c1ccccc1. The molecule has 1 unspecified atom stereocenters. The number of sulfonamides is 1. The van der Waals surface area contributed by atoms with Gasteiger partial charge >= 0.3 is 7.60 Å². The summed E-state index contributed by atoms with van der Waals surface area (Å²) in [5.41, 5.74) is 0. The molecule has 0 bridgehead atoms. The summed E-state index contributed by atoms with van der Waals surface area (Å²) in [6.07, 6.45) is 0. The van der Waals surface area contributed by atoms with Gasteiger partial charge in [0.05, 0.1) is 9.37 Å². The quantitative estimate of drug-likeness (QED) is 0.387. The summed E-state index contributed by atoms with van der Waals surface area (Å²) in [4.78, 5) is 0.0879. The van der Waals surface area contributed by atoms with Crippen molar-refractivity contribution in [3.05, 3.63) is 59.1 Å². The third-order valence-corrected chi connectivity index (χ3v) is 10.9. The Morgan fingerprint density at radius 1 is 1.04 bits per heavy atom. The van der Waals surface area contributed by atoms with Gasteiger partial charge in [-0.15, -0.1) is 11.3 Å². The normalized spacial score (nSPS) is 13.6. The third kappa shape index (κ3) is 3.67. The maximum atomic E-state index is 13.6. The molecule has 150 valence electrons. The topological polar surface area (TPSA) is 72.9 Å². The highest BCUT2D eigenvalue weighted by molar-refractivity contribution is 9.10. The molecular formula is C18H19BrNO5PS2. The molecule has 0 spiro atoms. The molecule has 28 heavy (non-hydrogen) atoms. The lowest BCUT2D eigenvalue weighted by molar-refractivity contribution is 0.268. The van der Waals surface area contributed by atoms with Crippen LogP contribution >= 0.6 is 34.9 Å². The van der Waals surface area contributed by atoms with Crippen molar-refractivity contribution in [2.45, 2.75) is 17.6 Å². The minimum absolute atomic E-state index is 0.0879. The highest BCUT2D eigenvalue weighted by Gasteiger charge is 2.43. The van der Waals surface area contributed by atoms with Gasteiger partial charge in [-0.05, 0) is 41.1 Å². The first-order chi connectivity index (χ1) is 13.3. The van der Waals surface area contributed by atoms with Crippen molar-refractivity contribution in [1.82, 2.24) is 0 Å². The molecule has 3 aromatic rings. The summed E-state index contributed by atoms with van der Waals surface area (Å²) in [6.45, 7) is 1.52. The molecule has 1 aromatic heterocycles. The van der Waals surface area contributed by atoms with Crippen LogP contribution in [0, 0.1) is 0 Å². The van der Waals surface area contributed by atoms with Crippen LogP contribution in [-0.2, 0) is 23.6 Å². The Bertz CT molecular complexity index is 1130.